The summed E-state index contributed by atoms with van der Waals surface area (Å²) in [4.78, 5) is 21.1. The second-order valence-electron chi connectivity index (χ2n) is 5.91. The number of carbonyl (C=O) groups excluding carboxylic acids is 1. The molecule has 0 radical (unpaired) electrons. The van der Waals surface area contributed by atoms with Crippen molar-refractivity contribution < 1.29 is 9.18 Å². The fourth-order valence-electron chi connectivity index (χ4n) is 2.69. The quantitative estimate of drug-likeness (QED) is 0.560. The first-order chi connectivity index (χ1) is 13.1. The molecule has 4 aromatic rings. The number of thiazole rings is 1. The van der Waals surface area contributed by atoms with Crippen LogP contribution in [0.25, 0.3) is 16.9 Å². The lowest BCUT2D eigenvalue weighted by Gasteiger charge is -2.09. The molecule has 134 valence electrons. The minimum Gasteiger partial charge on any atom is -0.321 e. The molecule has 4 rings (SSSR count). The van der Waals surface area contributed by atoms with Crippen molar-refractivity contribution in [2.75, 3.05) is 5.32 Å². The molecule has 0 fully saturated rings. The Morgan fingerprint density at radius 3 is 2.52 bits per heavy atom. The minimum absolute atomic E-state index is 0.297. The predicted molar refractivity (Wildman–Crippen MR) is 104 cm³/mol. The third kappa shape index (κ3) is 3.63. The second kappa shape index (κ2) is 7.13. The summed E-state index contributed by atoms with van der Waals surface area (Å²) in [6.45, 7) is 1.97. The first-order valence-corrected chi connectivity index (χ1v) is 9.10. The van der Waals surface area contributed by atoms with Gasteiger partial charge >= 0.3 is 0 Å². The van der Waals surface area contributed by atoms with Crippen molar-refractivity contribution in [1.82, 2.24) is 14.5 Å². The average Bonchev–Trinajstić information content (AvgIpc) is 3.32. The Kier molecular flexibility index (Phi) is 4.52. The van der Waals surface area contributed by atoms with Gasteiger partial charge in [0, 0.05) is 22.3 Å². The molecule has 0 saturated carbocycles. The van der Waals surface area contributed by atoms with Crippen LogP contribution in [0.15, 0.2) is 66.4 Å². The van der Waals surface area contributed by atoms with Gasteiger partial charge < -0.3 is 5.32 Å². The molecule has 1 N–H and O–H groups in total. The first-order valence-electron chi connectivity index (χ1n) is 8.22. The molecule has 0 saturated heterocycles. The van der Waals surface area contributed by atoms with Gasteiger partial charge in [-0.05, 0) is 43.3 Å². The van der Waals surface area contributed by atoms with E-state index < -0.39 is 0 Å². The third-order valence-corrected chi connectivity index (χ3v) is 4.81. The van der Waals surface area contributed by atoms with E-state index in [2.05, 4.69) is 15.3 Å². The smallest absolute Gasteiger partial charge is 0.274 e. The van der Waals surface area contributed by atoms with Crippen molar-refractivity contribution in [3.05, 3.63) is 83.0 Å². The van der Waals surface area contributed by atoms with Crippen LogP contribution in [0, 0.1) is 12.7 Å². The molecule has 2 aromatic heterocycles. The number of anilines is 1. The van der Waals surface area contributed by atoms with E-state index in [0.717, 1.165) is 16.3 Å². The van der Waals surface area contributed by atoms with Crippen LogP contribution in [-0.4, -0.2) is 20.4 Å². The zero-order valence-corrected chi connectivity index (χ0v) is 15.2. The number of hydrogen-bond donors (Lipinski definition) is 1. The summed E-state index contributed by atoms with van der Waals surface area (Å²) in [5, 5.41) is 5.87. The highest BCUT2D eigenvalue weighted by Gasteiger charge is 2.13. The number of carbonyl (C=O) groups is 1. The minimum atomic E-state index is -0.333. The summed E-state index contributed by atoms with van der Waals surface area (Å²) >= 11 is 1.60. The van der Waals surface area contributed by atoms with Crippen molar-refractivity contribution in [2.24, 2.45) is 0 Å². The molecule has 0 bridgehead atoms. The number of aryl methyl sites for hydroxylation is 1. The first kappa shape index (κ1) is 17.1. The van der Waals surface area contributed by atoms with E-state index in [1.165, 1.54) is 24.7 Å². The molecule has 27 heavy (non-hydrogen) atoms. The van der Waals surface area contributed by atoms with Crippen molar-refractivity contribution >= 4 is 22.9 Å². The number of hydrogen-bond acceptors (Lipinski definition) is 4. The largest absolute Gasteiger partial charge is 0.321 e. The predicted octanol–water partition coefficient (Wildman–Crippen LogP) is 4.70. The highest BCUT2D eigenvalue weighted by atomic mass is 32.1. The van der Waals surface area contributed by atoms with Crippen molar-refractivity contribution in [3.8, 4) is 16.9 Å². The van der Waals surface area contributed by atoms with Crippen LogP contribution in [0.4, 0.5) is 10.1 Å². The third-order valence-electron chi connectivity index (χ3n) is 4.03. The van der Waals surface area contributed by atoms with Crippen molar-refractivity contribution in [1.29, 1.82) is 0 Å². The molecule has 2 aromatic carbocycles. The molecule has 2 heterocycles. The van der Waals surface area contributed by atoms with E-state index in [-0.39, 0.29) is 11.7 Å². The zero-order chi connectivity index (χ0) is 18.8. The number of aromatic nitrogens is 3. The molecule has 0 aliphatic carbocycles. The van der Waals surface area contributed by atoms with Crippen LogP contribution in [0.3, 0.4) is 0 Å². The highest BCUT2D eigenvalue weighted by molar-refractivity contribution is 7.09. The molecular weight excluding hydrogens is 363 g/mol. The Morgan fingerprint density at radius 2 is 1.85 bits per heavy atom. The maximum absolute atomic E-state index is 13.1. The van der Waals surface area contributed by atoms with E-state index in [1.807, 2.05) is 36.6 Å². The van der Waals surface area contributed by atoms with Gasteiger partial charge in [-0.3, -0.25) is 9.36 Å². The number of rotatable bonds is 4. The van der Waals surface area contributed by atoms with Crippen LogP contribution in [0.2, 0.25) is 0 Å². The zero-order valence-electron chi connectivity index (χ0n) is 14.4. The van der Waals surface area contributed by atoms with Gasteiger partial charge in [-0.2, -0.15) is 0 Å². The lowest BCUT2D eigenvalue weighted by molar-refractivity contribution is 0.102. The van der Waals surface area contributed by atoms with Crippen molar-refractivity contribution in [2.45, 2.75) is 6.92 Å². The number of benzene rings is 2. The standard InChI is InChI=1S/C20H15FN4OS/c1-13-23-18(11-27-13)14-2-6-16(7-3-14)24-20(26)19-10-22-12-25(19)17-8-4-15(21)5-9-17/h2-12H,1H3,(H,24,26). The van der Waals surface area contributed by atoms with Gasteiger partial charge in [0.1, 0.15) is 11.5 Å². The van der Waals surface area contributed by atoms with E-state index in [1.54, 1.807) is 28.0 Å². The van der Waals surface area contributed by atoms with Crippen LogP contribution in [0.5, 0.6) is 0 Å². The Labute approximate surface area is 159 Å². The maximum Gasteiger partial charge on any atom is 0.274 e. The summed E-state index contributed by atoms with van der Waals surface area (Å²) in [5.74, 6) is -0.630. The summed E-state index contributed by atoms with van der Waals surface area (Å²) < 4.78 is 14.7. The topological polar surface area (TPSA) is 59.8 Å². The summed E-state index contributed by atoms with van der Waals surface area (Å²) in [7, 11) is 0. The lowest BCUT2D eigenvalue weighted by Crippen LogP contribution is -2.16. The molecule has 0 aliphatic heterocycles. The Morgan fingerprint density at radius 1 is 1.11 bits per heavy atom. The summed E-state index contributed by atoms with van der Waals surface area (Å²) in [6.07, 6.45) is 3.00. The summed E-state index contributed by atoms with van der Waals surface area (Å²) in [5.41, 5.74) is 3.61. The fourth-order valence-corrected chi connectivity index (χ4v) is 3.31. The number of halogens is 1. The van der Waals surface area contributed by atoms with E-state index in [4.69, 9.17) is 0 Å². The van der Waals surface area contributed by atoms with Gasteiger partial charge in [0.15, 0.2) is 0 Å². The van der Waals surface area contributed by atoms with Crippen LogP contribution >= 0.6 is 11.3 Å². The molecule has 1 amide bonds. The van der Waals surface area contributed by atoms with Gasteiger partial charge in [-0.25, -0.2) is 14.4 Å². The Balaban J connectivity index is 1.53. The van der Waals surface area contributed by atoms with Crippen LogP contribution in [-0.2, 0) is 0 Å². The molecule has 7 heteroatoms. The molecule has 5 nitrogen and oxygen atoms in total. The SMILES string of the molecule is Cc1nc(-c2ccc(NC(=O)c3cncn3-c3ccc(F)cc3)cc2)cs1. The molecule has 0 spiro atoms. The van der Waals surface area contributed by atoms with Crippen molar-refractivity contribution in [3.63, 3.8) is 0 Å². The van der Waals surface area contributed by atoms with Gasteiger partial charge in [0.05, 0.1) is 23.2 Å². The number of nitrogens with one attached hydrogen (secondary N) is 1. The van der Waals surface area contributed by atoms with E-state index in [0.29, 0.717) is 17.1 Å². The van der Waals surface area contributed by atoms with E-state index in [9.17, 15) is 9.18 Å². The molecule has 0 atom stereocenters. The maximum atomic E-state index is 13.1. The van der Waals surface area contributed by atoms with Crippen LogP contribution in [0.1, 0.15) is 15.5 Å². The normalized spacial score (nSPS) is 10.7. The lowest BCUT2D eigenvalue weighted by atomic mass is 10.1. The number of amides is 1. The highest BCUT2D eigenvalue weighted by Crippen LogP contribution is 2.23. The molecule has 0 unspecified atom stereocenters. The van der Waals surface area contributed by atoms with Gasteiger partial charge in [-0.15, -0.1) is 11.3 Å². The number of nitrogens with zero attached hydrogens (tertiary/aromatic N) is 3. The van der Waals surface area contributed by atoms with E-state index >= 15 is 0 Å². The average molecular weight is 378 g/mol. The monoisotopic (exact) mass is 378 g/mol. The number of imidazole rings is 1. The van der Waals surface area contributed by atoms with Gasteiger partial charge in [-0.1, -0.05) is 12.1 Å². The Hall–Kier alpha value is -3.32. The van der Waals surface area contributed by atoms with Gasteiger partial charge in [0.2, 0.25) is 0 Å². The summed E-state index contributed by atoms with van der Waals surface area (Å²) in [6, 6.07) is 13.4. The molecular formula is C20H15FN4OS. The fraction of sp³-hybridized carbons (Fsp3) is 0.0500. The Bertz CT molecular complexity index is 1080. The molecule has 0 aliphatic rings. The van der Waals surface area contributed by atoms with Gasteiger partial charge in [0.25, 0.3) is 5.91 Å². The second-order valence-corrected chi connectivity index (χ2v) is 6.97. The van der Waals surface area contributed by atoms with Crippen LogP contribution < -0.4 is 5.32 Å².